The van der Waals surface area contributed by atoms with E-state index in [2.05, 4.69) is 27.2 Å². The maximum Gasteiger partial charge on any atom is 0.387 e. The molecule has 0 saturated carbocycles. The number of carbonyl (C=O) groups is 1. The van der Waals surface area contributed by atoms with E-state index in [1.807, 2.05) is 6.07 Å². The number of fused-ring (bicyclic) bond motifs is 1. The second kappa shape index (κ2) is 9.49. The van der Waals surface area contributed by atoms with Crippen molar-refractivity contribution in [2.24, 2.45) is 0 Å². The summed E-state index contributed by atoms with van der Waals surface area (Å²) < 4.78 is 34.5. The molecule has 1 aliphatic rings. The van der Waals surface area contributed by atoms with Crippen LogP contribution < -0.4 is 14.8 Å². The van der Waals surface area contributed by atoms with Crippen LogP contribution in [0.3, 0.4) is 0 Å². The van der Waals surface area contributed by atoms with E-state index in [0.717, 1.165) is 37.0 Å². The zero-order valence-electron chi connectivity index (χ0n) is 17.5. The topological polar surface area (TPSA) is 104 Å². The molecular weight excluding hydrogens is 456 g/mol. The summed E-state index contributed by atoms with van der Waals surface area (Å²) in [7, 11) is 1.17. The van der Waals surface area contributed by atoms with Gasteiger partial charge >= 0.3 is 6.61 Å². The number of aromatic nitrogens is 1. The highest BCUT2D eigenvalue weighted by Crippen LogP contribution is 2.36. The highest BCUT2D eigenvalue weighted by Gasteiger charge is 2.26. The summed E-state index contributed by atoms with van der Waals surface area (Å²) in [4.78, 5) is 27.8. The fourth-order valence-corrected chi connectivity index (χ4v) is 4.47. The van der Waals surface area contributed by atoms with E-state index in [1.54, 1.807) is 5.38 Å². The number of hydrogen-bond donors (Lipinski definition) is 1. The Bertz CT molecular complexity index is 1210. The second-order valence-electron chi connectivity index (χ2n) is 7.34. The minimum atomic E-state index is -3.21. The van der Waals surface area contributed by atoms with Gasteiger partial charge in [-0.2, -0.15) is 8.78 Å². The van der Waals surface area contributed by atoms with Crippen molar-refractivity contribution in [2.45, 2.75) is 32.3 Å². The Morgan fingerprint density at radius 3 is 2.64 bits per heavy atom. The molecule has 3 aromatic rings. The Labute approximate surface area is 191 Å². The maximum absolute atomic E-state index is 12.8. The normalized spacial score (nSPS) is 12.8. The Morgan fingerprint density at radius 2 is 1.94 bits per heavy atom. The minimum Gasteiger partial charge on any atom is -0.493 e. The molecule has 11 heteroatoms. The number of carbonyl (C=O) groups excluding carboxylic acids is 1. The standard InChI is InChI=1S/C22H19F2N3O5S/c1-31-18-9-15(17(27(29)30)10-19(18)32-21(23)24)20(28)26-22-25-16(11-33-22)14-7-6-12-4-2-3-5-13(12)8-14/h6-11,21H,2-5H2,1H3,(H,25,26,28). The van der Waals surface area contributed by atoms with Gasteiger partial charge in [-0.25, -0.2) is 4.98 Å². The van der Waals surface area contributed by atoms with Gasteiger partial charge < -0.3 is 9.47 Å². The van der Waals surface area contributed by atoms with Crippen molar-refractivity contribution >= 4 is 28.1 Å². The lowest BCUT2D eigenvalue weighted by atomic mass is 9.90. The van der Waals surface area contributed by atoms with E-state index in [1.165, 1.54) is 36.0 Å². The van der Waals surface area contributed by atoms with Crippen molar-refractivity contribution in [1.82, 2.24) is 4.98 Å². The number of nitrogens with zero attached hydrogens (tertiary/aromatic N) is 2. The summed E-state index contributed by atoms with van der Waals surface area (Å²) >= 11 is 1.17. The van der Waals surface area contributed by atoms with Gasteiger partial charge in [0, 0.05) is 17.0 Å². The van der Waals surface area contributed by atoms with Crippen LogP contribution in [0.15, 0.2) is 35.7 Å². The molecular formula is C22H19F2N3O5S. The molecule has 172 valence electrons. The van der Waals surface area contributed by atoms with Crippen molar-refractivity contribution in [1.29, 1.82) is 0 Å². The molecule has 4 rings (SSSR count). The van der Waals surface area contributed by atoms with Crippen molar-refractivity contribution in [3.05, 3.63) is 62.5 Å². The first kappa shape index (κ1) is 22.6. The van der Waals surface area contributed by atoms with Gasteiger partial charge in [-0.1, -0.05) is 12.1 Å². The average Bonchev–Trinajstić information content (AvgIpc) is 3.26. The third kappa shape index (κ3) is 4.92. The van der Waals surface area contributed by atoms with Gasteiger partial charge in [0.15, 0.2) is 16.6 Å². The highest BCUT2D eigenvalue weighted by molar-refractivity contribution is 7.14. The van der Waals surface area contributed by atoms with Gasteiger partial charge in [-0.3, -0.25) is 20.2 Å². The first-order valence-electron chi connectivity index (χ1n) is 10.1. The molecule has 1 heterocycles. The average molecular weight is 475 g/mol. The number of ether oxygens (including phenoxy) is 2. The van der Waals surface area contributed by atoms with Crippen molar-refractivity contribution in [2.75, 3.05) is 12.4 Å². The molecule has 0 spiro atoms. The van der Waals surface area contributed by atoms with Crippen LogP contribution in [0.1, 0.15) is 34.3 Å². The van der Waals surface area contributed by atoms with Gasteiger partial charge in [0.1, 0.15) is 5.56 Å². The molecule has 1 N–H and O–H groups in total. The number of thiazole rings is 1. The number of nitro benzene ring substituents is 1. The van der Waals surface area contributed by atoms with Crippen LogP contribution in [0.5, 0.6) is 11.5 Å². The number of rotatable bonds is 7. The van der Waals surface area contributed by atoms with Crippen LogP contribution in [-0.2, 0) is 12.8 Å². The first-order valence-corrected chi connectivity index (χ1v) is 10.9. The van der Waals surface area contributed by atoms with Crippen LogP contribution in [0.2, 0.25) is 0 Å². The molecule has 1 amide bonds. The number of nitrogens with one attached hydrogen (secondary N) is 1. The quantitative estimate of drug-likeness (QED) is 0.360. The summed E-state index contributed by atoms with van der Waals surface area (Å²) in [6, 6.07) is 7.92. The molecule has 2 aromatic carbocycles. The van der Waals surface area contributed by atoms with E-state index in [0.29, 0.717) is 5.69 Å². The Hall–Kier alpha value is -3.60. The summed E-state index contributed by atoms with van der Waals surface area (Å²) in [5.74, 6) is -1.60. The summed E-state index contributed by atoms with van der Waals surface area (Å²) in [6.45, 7) is -3.21. The largest absolute Gasteiger partial charge is 0.493 e. The van der Waals surface area contributed by atoms with Crippen LogP contribution in [0.4, 0.5) is 19.6 Å². The Balaban J connectivity index is 1.59. The van der Waals surface area contributed by atoms with E-state index in [9.17, 15) is 23.7 Å². The lowest BCUT2D eigenvalue weighted by molar-refractivity contribution is -0.385. The van der Waals surface area contributed by atoms with Crippen LogP contribution in [0.25, 0.3) is 11.3 Å². The SMILES string of the molecule is COc1cc(C(=O)Nc2nc(-c3ccc4c(c3)CCCC4)cs2)c([N+](=O)[O-])cc1OC(F)F. The monoisotopic (exact) mass is 475 g/mol. The number of nitro groups is 1. The van der Waals surface area contributed by atoms with E-state index in [-0.39, 0.29) is 16.4 Å². The van der Waals surface area contributed by atoms with Crippen LogP contribution >= 0.6 is 11.3 Å². The number of amides is 1. The molecule has 0 atom stereocenters. The van der Waals surface area contributed by atoms with E-state index < -0.39 is 28.9 Å². The smallest absolute Gasteiger partial charge is 0.387 e. The molecule has 0 fully saturated rings. The van der Waals surface area contributed by atoms with Gasteiger partial charge in [-0.15, -0.1) is 11.3 Å². The predicted molar refractivity (Wildman–Crippen MR) is 118 cm³/mol. The molecule has 0 bridgehead atoms. The third-order valence-corrected chi connectivity index (χ3v) is 6.07. The van der Waals surface area contributed by atoms with E-state index in [4.69, 9.17) is 4.74 Å². The van der Waals surface area contributed by atoms with Crippen molar-refractivity contribution < 1.29 is 28.0 Å². The number of methoxy groups -OCH3 is 1. The van der Waals surface area contributed by atoms with Gasteiger partial charge in [-0.05, 0) is 42.9 Å². The minimum absolute atomic E-state index is 0.236. The molecule has 8 nitrogen and oxygen atoms in total. The van der Waals surface area contributed by atoms with Crippen LogP contribution in [-0.4, -0.2) is 29.5 Å². The fraction of sp³-hybridized carbons (Fsp3) is 0.273. The number of alkyl halides is 2. The molecule has 0 unspecified atom stereocenters. The first-order chi connectivity index (χ1) is 15.9. The molecule has 0 saturated heterocycles. The summed E-state index contributed by atoms with van der Waals surface area (Å²) in [5.41, 5.74) is 3.17. The zero-order chi connectivity index (χ0) is 23.5. The number of halogens is 2. The second-order valence-corrected chi connectivity index (χ2v) is 8.20. The molecule has 0 aliphatic heterocycles. The number of hydrogen-bond acceptors (Lipinski definition) is 7. The Morgan fingerprint density at radius 1 is 1.18 bits per heavy atom. The van der Waals surface area contributed by atoms with Gasteiger partial charge in [0.2, 0.25) is 0 Å². The number of anilines is 1. The third-order valence-electron chi connectivity index (χ3n) is 5.31. The summed E-state index contributed by atoms with van der Waals surface area (Å²) in [5, 5.41) is 16.0. The zero-order valence-corrected chi connectivity index (χ0v) is 18.3. The maximum atomic E-state index is 12.8. The highest BCUT2D eigenvalue weighted by atomic mass is 32.1. The lowest BCUT2D eigenvalue weighted by Gasteiger charge is -2.16. The molecule has 1 aromatic heterocycles. The van der Waals surface area contributed by atoms with Crippen molar-refractivity contribution in [3.63, 3.8) is 0 Å². The predicted octanol–water partition coefficient (Wildman–Crippen LogP) is 5.46. The van der Waals surface area contributed by atoms with Crippen LogP contribution in [0, 0.1) is 10.1 Å². The molecule has 1 aliphatic carbocycles. The lowest BCUT2D eigenvalue weighted by Crippen LogP contribution is -2.15. The fourth-order valence-electron chi connectivity index (χ4n) is 3.75. The van der Waals surface area contributed by atoms with Gasteiger partial charge in [0.05, 0.1) is 23.8 Å². The molecule has 0 radical (unpaired) electrons. The Kier molecular flexibility index (Phi) is 6.50. The number of benzene rings is 2. The van der Waals surface area contributed by atoms with Crippen molar-refractivity contribution in [3.8, 4) is 22.8 Å². The molecule has 33 heavy (non-hydrogen) atoms. The van der Waals surface area contributed by atoms with E-state index >= 15 is 0 Å². The van der Waals surface area contributed by atoms with Gasteiger partial charge in [0.25, 0.3) is 11.6 Å². The number of aryl methyl sites for hydroxylation is 2. The summed E-state index contributed by atoms with van der Waals surface area (Å²) in [6.07, 6.45) is 4.43.